The first-order valence-corrected chi connectivity index (χ1v) is 10.1. The molecule has 152 valence electrons. The number of H-pyrrole nitrogens is 1. The first-order valence-electron chi connectivity index (χ1n) is 10.1. The van der Waals surface area contributed by atoms with Crippen molar-refractivity contribution in [1.82, 2.24) is 24.7 Å². The van der Waals surface area contributed by atoms with Crippen molar-refractivity contribution in [2.75, 3.05) is 11.9 Å². The van der Waals surface area contributed by atoms with Crippen LogP contribution in [0.3, 0.4) is 0 Å². The molecule has 3 aliphatic heterocycles. The van der Waals surface area contributed by atoms with Gasteiger partial charge in [-0.15, -0.1) is 0 Å². The summed E-state index contributed by atoms with van der Waals surface area (Å²) >= 11 is 0. The van der Waals surface area contributed by atoms with Gasteiger partial charge in [-0.05, 0) is 36.2 Å². The molecule has 4 heterocycles. The number of para-hydroxylation sites is 1. The van der Waals surface area contributed by atoms with Crippen LogP contribution in [-0.2, 0) is 6.54 Å². The number of hydrogen-bond donors (Lipinski definition) is 2. The number of hydrogen-bond acceptors (Lipinski definition) is 5. The van der Waals surface area contributed by atoms with E-state index in [0.29, 0.717) is 0 Å². The summed E-state index contributed by atoms with van der Waals surface area (Å²) in [5.41, 5.74) is 4.51. The number of fused-ring (bicyclic) bond motifs is 4. The highest BCUT2D eigenvalue weighted by Gasteiger charge is 2.22. The third kappa shape index (κ3) is 2.95. The van der Waals surface area contributed by atoms with Crippen molar-refractivity contribution in [3.05, 3.63) is 72.4 Å². The number of aromatic amines is 1. The third-order valence-electron chi connectivity index (χ3n) is 5.56. The summed E-state index contributed by atoms with van der Waals surface area (Å²) in [6.07, 6.45) is 4.58. The average molecular weight is 411 g/mol. The van der Waals surface area contributed by atoms with Crippen LogP contribution in [0.2, 0.25) is 0 Å². The second-order valence-electron chi connectivity index (χ2n) is 7.49. The number of nitrogens with zero attached hydrogens (tertiary/aromatic N) is 5. The lowest BCUT2D eigenvalue weighted by molar-refractivity contribution is 0.619. The van der Waals surface area contributed by atoms with Crippen molar-refractivity contribution in [1.29, 1.82) is 0 Å². The molecule has 0 amide bonds. The second kappa shape index (κ2) is 7.02. The van der Waals surface area contributed by atoms with E-state index in [-0.39, 0.29) is 11.3 Å². The van der Waals surface area contributed by atoms with Crippen LogP contribution in [0.25, 0.3) is 33.4 Å². The number of benzene rings is 2. The lowest BCUT2D eigenvalue weighted by atomic mass is 9.99. The predicted octanol–water partition coefficient (Wildman–Crippen LogP) is 4.11. The van der Waals surface area contributed by atoms with E-state index in [2.05, 4.69) is 47.2 Å². The van der Waals surface area contributed by atoms with E-state index in [9.17, 15) is 4.39 Å². The van der Waals surface area contributed by atoms with Gasteiger partial charge < -0.3 is 9.88 Å². The maximum atomic E-state index is 14.0. The highest BCUT2D eigenvalue weighted by molar-refractivity contribution is 5.98. The molecular weight excluding hydrogens is 393 g/mol. The lowest BCUT2D eigenvalue weighted by Gasteiger charge is -2.27. The van der Waals surface area contributed by atoms with Crippen LogP contribution in [0, 0.1) is 5.82 Å². The van der Waals surface area contributed by atoms with Crippen LogP contribution in [0.1, 0.15) is 6.42 Å². The van der Waals surface area contributed by atoms with E-state index in [1.165, 1.54) is 6.07 Å². The summed E-state index contributed by atoms with van der Waals surface area (Å²) in [6, 6.07) is 14.6. The Morgan fingerprint density at radius 2 is 1.97 bits per heavy atom. The van der Waals surface area contributed by atoms with Gasteiger partial charge in [0.2, 0.25) is 0 Å². The molecular formula is C23H18FN7. The molecule has 0 saturated heterocycles. The van der Waals surface area contributed by atoms with Crippen molar-refractivity contribution >= 4 is 22.4 Å². The Hall–Kier alpha value is -4.07. The molecule has 0 aliphatic carbocycles. The predicted molar refractivity (Wildman–Crippen MR) is 116 cm³/mol. The Morgan fingerprint density at radius 1 is 1.03 bits per heavy atom. The van der Waals surface area contributed by atoms with Crippen molar-refractivity contribution in [3.63, 3.8) is 0 Å². The number of aromatic nitrogens is 5. The average Bonchev–Trinajstić information content (AvgIpc) is 3.29. The first-order chi connectivity index (χ1) is 15.3. The molecule has 6 rings (SSSR count). The van der Waals surface area contributed by atoms with Crippen LogP contribution >= 0.6 is 0 Å². The Bertz CT molecular complexity index is 1470. The van der Waals surface area contributed by atoms with Gasteiger partial charge in [0.1, 0.15) is 23.1 Å². The van der Waals surface area contributed by atoms with Crippen molar-refractivity contribution in [3.8, 4) is 22.5 Å². The van der Waals surface area contributed by atoms with Gasteiger partial charge in [0, 0.05) is 35.8 Å². The van der Waals surface area contributed by atoms with Crippen LogP contribution < -0.4 is 10.9 Å². The summed E-state index contributed by atoms with van der Waals surface area (Å²) in [6.45, 7) is 1.71. The Morgan fingerprint density at radius 3 is 2.90 bits per heavy atom. The SMILES string of the molecule is Fc1ccccc1N=c1ncc2cc(-c3cccc4[nH]ncc34)c3n(c-2n1)CCCN3. The summed E-state index contributed by atoms with van der Waals surface area (Å²) in [5, 5.41) is 11.8. The van der Waals surface area contributed by atoms with Gasteiger partial charge in [0.15, 0.2) is 0 Å². The van der Waals surface area contributed by atoms with Gasteiger partial charge in [-0.25, -0.2) is 14.4 Å². The topological polar surface area (TPSA) is 83.8 Å². The molecule has 3 aliphatic rings. The van der Waals surface area contributed by atoms with Gasteiger partial charge in [-0.1, -0.05) is 24.3 Å². The van der Waals surface area contributed by atoms with Gasteiger partial charge in [-0.3, -0.25) is 5.10 Å². The van der Waals surface area contributed by atoms with Gasteiger partial charge in [0.25, 0.3) is 5.62 Å². The first kappa shape index (κ1) is 17.8. The van der Waals surface area contributed by atoms with Gasteiger partial charge in [-0.2, -0.15) is 10.1 Å². The lowest BCUT2D eigenvalue weighted by Crippen LogP contribution is -2.25. The van der Waals surface area contributed by atoms with Gasteiger partial charge in [0.05, 0.1) is 11.7 Å². The third-order valence-corrected chi connectivity index (χ3v) is 5.56. The molecule has 2 N–H and O–H groups in total. The van der Waals surface area contributed by atoms with E-state index >= 15 is 0 Å². The fourth-order valence-corrected chi connectivity index (χ4v) is 4.13. The Kier molecular flexibility index (Phi) is 4.02. The molecule has 0 saturated carbocycles. The van der Waals surface area contributed by atoms with E-state index in [1.807, 2.05) is 18.3 Å². The zero-order valence-corrected chi connectivity index (χ0v) is 16.5. The summed E-state index contributed by atoms with van der Waals surface area (Å²) < 4.78 is 16.2. The smallest absolute Gasteiger partial charge is 0.251 e. The fourth-order valence-electron chi connectivity index (χ4n) is 4.13. The second-order valence-corrected chi connectivity index (χ2v) is 7.49. The summed E-state index contributed by atoms with van der Waals surface area (Å²) in [7, 11) is 0. The number of rotatable bonds is 2. The van der Waals surface area contributed by atoms with Crippen molar-refractivity contribution in [2.45, 2.75) is 13.0 Å². The highest BCUT2D eigenvalue weighted by Crippen LogP contribution is 2.38. The van der Waals surface area contributed by atoms with Crippen LogP contribution in [0.5, 0.6) is 0 Å². The number of nitrogens with one attached hydrogen (secondary N) is 2. The molecule has 0 atom stereocenters. The molecule has 1 aromatic heterocycles. The number of halogens is 1. The zero-order chi connectivity index (χ0) is 20.8. The minimum Gasteiger partial charge on any atom is -0.371 e. The molecule has 0 radical (unpaired) electrons. The molecule has 0 bridgehead atoms. The number of pyridine rings is 1. The highest BCUT2D eigenvalue weighted by atomic mass is 19.1. The number of anilines is 1. The monoisotopic (exact) mass is 411 g/mol. The van der Waals surface area contributed by atoms with E-state index in [0.717, 1.165) is 58.7 Å². The normalized spacial score (nSPS) is 14.0. The minimum atomic E-state index is -0.397. The van der Waals surface area contributed by atoms with Gasteiger partial charge >= 0.3 is 0 Å². The van der Waals surface area contributed by atoms with Crippen LogP contribution in [0.4, 0.5) is 15.9 Å². The van der Waals surface area contributed by atoms with E-state index < -0.39 is 5.82 Å². The molecule has 2 aromatic carbocycles. The standard InChI is InChI=1S/C23H18FN7/c24-18-6-1-2-7-20(18)28-23-26-12-14-11-16(15-5-3-8-19-17(15)13-27-30-19)22-25-9-4-10-31(22)21(14)29-23/h1-3,5-8,11-13,25H,4,9-10H2,(H,27,30). The van der Waals surface area contributed by atoms with Crippen LogP contribution in [0.15, 0.2) is 65.9 Å². The zero-order valence-electron chi connectivity index (χ0n) is 16.5. The van der Waals surface area contributed by atoms with E-state index in [1.54, 1.807) is 24.4 Å². The van der Waals surface area contributed by atoms with E-state index in [4.69, 9.17) is 0 Å². The molecule has 7 nitrogen and oxygen atoms in total. The maximum absolute atomic E-state index is 14.0. The van der Waals surface area contributed by atoms with Crippen molar-refractivity contribution < 1.29 is 4.39 Å². The summed E-state index contributed by atoms with van der Waals surface area (Å²) in [4.78, 5) is 13.4. The largest absolute Gasteiger partial charge is 0.371 e. The fraction of sp³-hybridized carbons (Fsp3) is 0.130. The molecule has 0 spiro atoms. The minimum absolute atomic E-state index is 0.224. The molecule has 8 heteroatoms. The summed E-state index contributed by atoms with van der Waals surface area (Å²) in [5.74, 6) is 1.38. The molecule has 3 aromatic rings. The van der Waals surface area contributed by atoms with Crippen molar-refractivity contribution in [2.24, 2.45) is 4.99 Å². The Balaban J connectivity index is 1.60. The molecule has 0 unspecified atom stereocenters. The quantitative estimate of drug-likeness (QED) is 0.458. The Labute approximate surface area is 176 Å². The molecule has 0 fully saturated rings. The van der Waals surface area contributed by atoms with Crippen LogP contribution in [-0.4, -0.2) is 31.3 Å². The maximum Gasteiger partial charge on any atom is 0.251 e. The molecule has 31 heavy (non-hydrogen) atoms.